The van der Waals surface area contributed by atoms with Crippen LogP contribution >= 0.6 is 0 Å². The lowest BCUT2D eigenvalue weighted by Gasteiger charge is -2.29. The lowest BCUT2D eigenvalue weighted by molar-refractivity contribution is -0.143. The van der Waals surface area contributed by atoms with E-state index >= 15 is 0 Å². The van der Waals surface area contributed by atoms with Crippen LogP contribution in [0.2, 0.25) is 0 Å². The fourth-order valence-corrected chi connectivity index (χ4v) is 4.28. The minimum atomic E-state index is -0.714. The third kappa shape index (κ3) is 19.4. The molecule has 1 unspecified atom stereocenters. The molecule has 0 aromatic carbocycles. The van der Waals surface area contributed by atoms with Crippen LogP contribution in [-0.2, 0) is 4.79 Å². The van der Waals surface area contributed by atoms with Crippen molar-refractivity contribution in [2.75, 3.05) is 19.6 Å². The lowest BCUT2D eigenvalue weighted by atomic mass is 10.0. The summed E-state index contributed by atoms with van der Waals surface area (Å²) >= 11 is 0. The average molecular weight is 455 g/mol. The number of carboxylic acids is 1. The Hall–Kier alpha value is -1.30. The van der Waals surface area contributed by atoms with Crippen molar-refractivity contribution in [2.45, 2.75) is 135 Å². The van der Waals surface area contributed by atoms with Crippen molar-refractivity contribution in [1.82, 2.24) is 4.90 Å². The molecule has 0 aromatic heterocycles. The van der Waals surface area contributed by atoms with Gasteiger partial charge in [0, 0.05) is 6.54 Å². The van der Waals surface area contributed by atoms with Gasteiger partial charge >= 0.3 is 5.97 Å². The summed E-state index contributed by atoms with van der Waals surface area (Å²) in [4.78, 5) is 18.2. The molecule has 0 saturated heterocycles. The molecule has 0 fully saturated rings. The normalized spacial score (nSPS) is 12.2. The Labute approximate surface area is 198 Å². The van der Waals surface area contributed by atoms with E-state index in [4.69, 9.17) is 11.5 Å². The molecule has 0 radical (unpaired) electrons. The smallest absolute Gasteiger partial charge is 0.320 e. The van der Waals surface area contributed by atoms with E-state index in [1.807, 2.05) is 0 Å². The van der Waals surface area contributed by atoms with Gasteiger partial charge in [-0.15, -0.1) is 0 Å². The van der Waals surface area contributed by atoms with Crippen molar-refractivity contribution in [3.8, 4) is 0 Å². The number of unbranched alkanes of at least 4 members (excludes halogenated alkanes) is 14. The second kappa shape index (κ2) is 22.9. The average Bonchev–Trinajstić information content (AvgIpc) is 2.76. The van der Waals surface area contributed by atoms with Crippen LogP contribution in [0.5, 0.6) is 0 Å². The first-order valence-corrected chi connectivity index (χ1v) is 13.5. The molecule has 1 atom stereocenters. The summed E-state index contributed by atoms with van der Waals surface area (Å²) in [6.45, 7) is 6.75. The van der Waals surface area contributed by atoms with Gasteiger partial charge in [-0.05, 0) is 38.8 Å². The molecule has 0 aliphatic rings. The molecular formula is C26H54N4O2. The van der Waals surface area contributed by atoms with E-state index in [0.29, 0.717) is 19.4 Å². The van der Waals surface area contributed by atoms with E-state index < -0.39 is 12.0 Å². The zero-order valence-electron chi connectivity index (χ0n) is 21.3. The molecule has 32 heavy (non-hydrogen) atoms. The predicted octanol–water partition coefficient (Wildman–Crippen LogP) is 6.08. The molecule has 0 aliphatic heterocycles. The van der Waals surface area contributed by atoms with Crippen LogP contribution in [-0.4, -0.2) is 47.6 Å². The number of aliphatic carboxylic acids is 1. The second-order valence-electron chi connectivity index (χ2n) is 9.29. The minimum absolute atomic E-state index is 0.0756. The summed E-state index contributed by atoms with van der Waals surface area (Å²) in [5.74, 6) is -0.638. The first kappa shape index (κ1) is 30.7. The molecule has 0 spiro atoms. The van der Waals surface area contributed by atoms with Crippen LogP contribution in [0.25, 0.3) is 0 Å². The zero-order chi connectivity index (χ0) is 23.9. The van der Waals surface area contributed by atoms with E-state index in [-0.39, 0.29) is 5.96 Å². The SMILES string of the molecule is CCCCCCCCCCN(CCCCCCCCCC)C(CCCN=C(N)N)C(=O)O. The first-order chi connectivity index (χ1) is 15.5. The highest BCUT2D eigenvalue weighted by molar-refractivity contribution is 5.75. The number of nitrogens with zero attached hydrogens (tertiary/aromatic N) is 2. The number of carboxylic acid groups (broad SMARTS) is 1. The molecule has 0 amide bonds. The maximum absolute atomic E-state index is 12.0. The molecule has 0 aromatic rings. The van der Waals surface area contributed by atoms with Crippen LogP contribution in [0, 0.1) is 0 Å². The van der Waals surface area contributed by atoms with Gasteiger partial charge in [-0.25, -0.2) is 0 Å². The molecule has 6 nitrogen and oxygen atoms in total. The number of rotatable bonds is 24. The van der Waals surface area contributed by atoms with Crippen LogP contribution < -0.4 is 11.5 Å². The van der Waals surface area contributed by atoms with Gasteiger partial charge in [0.2, 0.25) is 0 Å². The van der Waals surface area contributed by atoms with Crippen LogP contribution in [0.1, 0.15) is 129 Å². The Bertz CT molecular complexity index is 433. The molecule has 0 aliphatic carbocycles. The standard InChI is InChI=1S/C26H54N4O2/c1-3-5-7-9-11-13-15-17-22-30(23-18-16-14-12-10-8-6-4-2)24(25(31)32)20-19-21-29-26(27)28/h24H,3-23H2,1-2H3,(H,31,32)(H4,27,28,29). The third-order valence-corrected chi connectivity index (χ3v) is 6.25. The van der Waals surface area contributed by atoms with E-state index in [9.17, 15) is 9.90 Å². The molecular weight excluding hydrogens is 400 g/mol. The van der Waals surface area contributed by atoms with Crippen molar-refractivity contribution in [1.29, 1.82) is 0 Å². The van der Waals surface area contributed by atoms with Crippen LogP contribution in [0.4, 0.5) is 0 Å². The monoisotopic (exact) mass is 454 g/mol. The quantitative estimate of drug-likeness (QED) is 0.0931. The van der Waals surface area contributed by atoms with E-state index in [1.165, 1.54) is 89.9 Å². The number of aliphatic imine (C=N–C) groups is 1. The third-order valence-electron chi connectivity index (χ3n) is 6.25. The van der Waals surface area contributed by atoms with Gasteiger partial charge in [0.25, 0.3) is 0 Å². The summed E-state index contributed by atoms with van der Waals surface area (Å²) in [5, 5.41) is 9.87. The number of hydrogen-bond acceptors (Lipinski definition) is 3. The molecule has 0 bridgehead atoms. The maximum atomic E-state index is 12.0. The van der Waals surface area contributed by atoms with Crippen molar-refractivity contribution in [2.24, 2.45) is 16.5 Å². The topological polar surface area (TPSA) is 105 Å². The Kier molecular flexibility index (Phi) is 21.9. The first-order valence-electron chi connectivity index (χ1n) is 13.5. The van der Waals surface area contributed by atoms with Gasteiger partial charge in [0.15, 0.2) is 5.96 Å². The van der Waals surface area contributed by atoms with Gasteiger partial charge in [0.05, 0.1) is 0 Å². The second-order valence-corrected chi connectivity index (χ2v) is 9.29. The van der Waals surface area contributed by atoms with E-state index in [2.05, 4.69) is 23.7 Å². The fraction of sp³-hybridized carbons (Fsp3) is 0.923. The fourth-order valence-electron chi connectivity index (χ4n) is 4.28. The molecule has 5 N–H and O–H groups in total. The van der Waals surface area contributed by atoms with Gasteiger partial charge in [-0.1, -0.05) is 104 Å². The van der Waals surface area contributed by atoms with Crippen molar-refractivity contribution < 1.29 is 9.90 Å². The molecule has 6 heteroatoms. The summed E-state index contributed by atoms with van der Waals surface area (Å²) in [7, 11) is 0. The molecule has 190 valence electrons. The van der Waals surface area contributed by atoms with Crippen molar-refractivity contribution >= 4 is 11.9 Å². The van der Waals surface area contributed by atoms with Crippen LogP contribution in [0.3, 0.4) is 0 Å². The van der Waals surface area contributed by atoms with E-state index in [0.717, 1.165) is 25.9 Å². The Morgan fingerprint density at radius 1 is 0.719 bits per heavy atom. The van der Waals surface area contributed by atoms with E-state index in [1.54, 1.807) is 0 Å². The molecule has 0 rings (SSSR count). The van der Waals surface area contributed by atoms with Crippen molar-refractivity contribution in [3.05, 3.63) is 0 Å². The lowest BCUT2D eigenvalue weighted by Crippen LogP contribution is -2.42. The summed E-state index contributed by atoms with van der Waals surface area (Å²) in [6.07, 6.45) is 21.6. The molecule has 0 heterocycles. The highest BCUT2D eigenvalue weighted by Crippen LogP contribution is 2.15. The number of carbonyl (C=O) groups is 1. The van der Waals surface area contributed by atoms with Crippen molar-refractivity contribution in [3.63, 3.8) is 0 Å². The molecule has 0 saturated carbocycles. The summed E-state index contributed by atoms with van der Waals surface area (Å²) in [6, 6.07) is -0.432. The largest absolute Gasteiger partial charge is 0.480 e. The highest BCUT2D eigenvalue weighted by Gasteiger charge is 2.24. The maximum Gasteiger partial charge on any atom is 0.320 e. The highest BCUT2D eigenvalue weighted by atomic mass is 16.4. The van der Waals surface area contributed by atoms with Gasteiger partial charge in [0.1, 0.15) is 6.04 Å². The summed E-state index contributed by atoms with van der Waals surface area (Å²) in [5.41, 5.74) is 10.8. The summed E-state index contributed by atoms with van der Waals surface area (Å²) < 4.78 is 0. The van der Waals surface area contributed by atoms with Crippen LogP contribution in [0.15, 0.2) is 4.99 Å². The van der Waals surface area contributed by atoms with Gasteiger partial charge in [-0.2, -0.15) is 0 Å². The van der Waals surface area contributed by atoms with Gasteiger partial charge < -0.3 is 16.6 Å². The number of nitrogens with two attached hydrogens (primary N) is 2. The number of guanidine groups is 1. The number of hydrogen-bond donors (Lipinski definition) is 3. The van der Waals surface area contributed by atoms with Gasteiger partial charge in [-0.3, -0.25) is 14.7 Å². The zero-order valence-corrected chi connectivity index (χ0v) is 21.3. The Morgan fingerprint density at radius 3 is 1.50 bits per heavy atom. The Balaban J connectivity index is 4.43. The Morgan fingerprint density at radius 2 is 1.12 bits per heavy atom. The predicted molar refractivity (Wildman–Crippen MR) is 138 cm³/mol. The minimum Gasteiger partial charge on any atom is -0.480 e.